The fourth-order valence-corrected chi connectivity index (χ4v) is 9.41. The maximum absolute atomic E-state index is 2.44. The third-order valence-electron chi connectivity index (χ3n) is 12.0. The summed E-state index contributed by atoms with van der Waals surface area (Å²) in [6.45, 7) is 0. The summed E-state index contributed by atoms with van der Waals surface area (Å²) in [5.41, 5.74) is 12.1. The summed E-state index contributed by atoms with van der Waals surface area (Å²) in [4.78, 5) is 0. The minimum absolute atomic E-state index is 0.406. The first-order valence-corrected chi connectivity index (χ1v) is 19.3. The van der Waals surface area contributed by atoms with E-state index in [2.05, 4.69) is 188 Å². The van der Waals surface area contributed by atoms with Crippen molar-refractivity contribution >= 4 is 53.9 Å². The molecule has 9 aromatic carbocycles. The lowest BCUT2D eigenvalue weighted by Gasteiger charge is -2.23. The van der Waals surface area contributed by atoms with E-state index < -0.39 is 0 Å². The molecule has 0 spiro atoms. The van der Waals surface area contributed by atoms with E-state index in [4.69, 9.17) is 0 Å². The maximum Gasteiger partial charge on any atom is 0.00619 e. The molecule has 0 aromatic heterocycles. The Morgan fingerprint density at radius 3 is 1.76 bits per heavy atom. The average molecular weight is 687 g/mol. The smallest absolute Gasteiger partial charge is 0.00619 e. The Kier molecular flexibility index (Phi) is 7.23. The van der Waals surface area contributed by atoms with Gasteiger partial charge in [0, 0.05) is 5.92 Å². The van der Waals surface area contributed by atoms with Gasteiger partial charge in [0.1, 0.15) is 0 Å². The number of allylic oxidation sites excluding steroid dienone is 6. The van der Waals surface area contributed by atoms with Crippen LogP contribution in [0.1, 0.15) is 30.7 Å². The Labute approximate surface area is 316 Å². The van der Waals surface area contributed by atoms with Crippen LogP contribution >= 0.6 is 0 Å². The first kappa shape index (κ1) is 31.1. The molecule has 0 N–H and O–H groups in total. The van der Waals surface area contributed by atoms with Crippen molar-refractivity contribution in [3.8, 4) is 33.4 Å². The summed E-state index contributed by atoms with van der Waals surface area (Å²) >= 11 is 0. The van der Waals surface area contributed by atoms with Gasteiger partial charge >= 0.3 is 0 Å². The molecule has 0 heterocycles. The van der Waals surface area contributed by atoms with Crippen molar-refractivity contribution in [2.75, 3.05) is 0 Å². The molecule has 11 rings (SSSR count). The van der Waals surface area contributed by atoms with E-state index in [0.29, 0.717) is 5.92 Å². The van der Waals surface area contributed by atoms with E-state index in [1.807, 2.05) is 0 Å². The quantitative estimate of drug-likeness (QED) is 0.162. The molecule has 54 heavy (non-hydrogen) atoms. The molecule has 0 heteroatoms. The molecular weight excluding hydrogens is 649 g/mol. The van der Waals surface area contributed by atoms with Gasteiger partial charge < -0.3 is 0 Å². The first-order chi connectivity index (χ1) is 26.8. The molecule has 9 aromatic rings. The monoisotopic (exact) mass is 686 g/mol. The first-order valence-electron chi connectivity index (χ1n) is 19.3. The molecular formula is C54H38. The van der Waals surface area contributed by atoms with Crippen LogP contribution in [-0.4, -0.2) is 0 Å². The van der Waals surface area contributed by atoms with Gasteiger partial charge in [0.05, 0.1) is 0 Å². The second-order valence-corrected chi connectivity index (χ2v) is 15.1. The Morgan fingerprint density at radius 2 is 0.981 bits per heavy atom. The molecule has 2 aliphatic carbocycles. The minimum Gasteiger partial charge on any atom is -0.0839 e. The Bertz CT molecular complexity index is 3020. The van der Waals surface area contributed by atoms with Gasteiger partial charge in [-0.3, -0.25) is 0 Å². The lowest BCUT2D eigenvalue weighted by molar-refractivity contribution is 0.792. The van der Waals surface area contributed by atoms with Gasteiger partial charge in [0.2, 0.25) is 0 Å². The van der Waals surface area contributed by atoms with Crippen LogP contribution in [0.2, 0.25) is 0 Å². The van der Waals surface area contributed by atoms with Crippen LogP contribution in [0.3, 0.4) is 0 Å². The molecule has 0 aliphatic heterocycles. The average Bonchev–Trinajstić information content (AvgIpc) is 3.24. The summed E-state index contributed by atoms with van der Waals surface area (Å²) in [5, 5.41) is 12.8. The summed E-state index contributed by atoms with van der Waals surface area (Å²) < 4.78 is 0. The highest BCUT2D eigenvalue weighted by molar-refractivity contribution is 6.24. The van der Waals surface area contributed by atoms with Crippen LogP contribution in [0.25, 0.3) is 87.2 Å². The Hall–Kier alpha value is -6.50. The molecule has 0 amide bonds. The molecule has 1 atom stereocenters. The number of benzene rings is 9. The van der Waals surface area contributed by atoms with Crippen LogP contribution in [-0.2, 0) is 0 Å². The van der Waals surface area contributed by atoms with Crippen molar-refractivity contribution in [1.29, 1.82) is 0 Å². The number of fused-ring (bicyclic) bond motifs is 5. The van der Waals surface area contributed by atoms with Crippen molar-refractivity contribution in [3.05, 3.63) is 205 Å². The standard InChI is InChI=1S/C54H38/c1-3-13-38-31-40(27-23-35(38)11-1)41-28-24-37-26-30-43(34-44(37)33-41)53-49-15-5-7-17-51(49)54(52-18-8-6-16-50(52)53)48-22-10-20-46-45(19-9-21-47(46)48)42-29-25-36-12-2-4-14-39(36)32-42/h2-10,12-30,32-34,40H,1,11,31H2. The maximum atomic E-state index is 2.44. The van der Waals surface area contributed by atoms with E-state index >= 15 is 0 Å². The van der Waals surface area contributed by atoms with Gasteiger partial charge in [-0.15, -0.1) is 0 Å². The topological polar surface area (TPSA) is 0 Å². The zero-order valence-electron chi connectivity index (χ0n) is 30.1. The second-order valence-electron chi connectivity index (χ2n) is 15.1. The van der Waals surface area contributed by atoms with Crippen molar-refractivity contribution in [1.82, 2.24) is 0 Å². The highest BCUT2D eigenvalue weighted by Crippen LogP contribution is 2.47. The summed E-state index contributed by atoms with van der Waals surface area (Å²) in [5.74, 6) is 0.406. The van der Waals surface area contributed by atoms with Gasteiger partial charge in [-0.1, -0.05) is 176 Å². The molecule has 0 radical (unpaired) electrons. The predicted molar refractivity (Wildman–Crippen MR) is 232 cm³/mol. The molecule has 0 saturated carbocycles. The van der Waals surface area contributed by atoms with Gasteiger partial charge in [-0.05, 0) is 135 Å². The van der Waals surface area contributed by atoms with E-state index in [0.717, 1.165) is 12.8 Å². The Balaban J connectivity index is 1.08. The van der Waals surface area contributed by atoms with Crippen molar-refractivity contribution < 1.29 is 0 Å². The van der Waals surface area contributed by atoms with Crippen LogP contribution in [0.5, 0.6) is 0 Å². The van der Waals surface area contributed by atoms with Gasteiger partial charge in [0.15, 0.2) is 0 Å². The van der Waals surface area contributed by atoms with E-state index in [9.17, 15) is 0 Å². The van der Waals surface area contributed by atoms with Gasteiger partial charge in [-0.25, -0.2) is 0 Å². The summed E-state index contributed by atoms with van der Waals surface area (Å²) in [7, 11) is 0. The number of hydrogen-bond acceptors (Lipinski definition) is 0. The van der Waals surface area contributed by atoms with E-state index in [-0.39, 0.29) is 0 Å². The fraction of sp³-hybridized carbons (Fsp3) is 0.0741. The molecule has 1 unspecified atom stereocenters. The zero-order chi connectivity index (χ0) is 35.6. The van der Waals surface area contributed by atoms with E-state index in [1.165, 1.54) is 110 Å². The van der Waals surface area contributed by atoms with Crippen molar-refractivity contribution in [2.24, 2.45) is 0 Å². The van der Waals surface area contributed by atoms with Crippen molar-refractivity contribution in [3.63, 3.8) is 0 Å². The Morgan fingerprint density at radius 1 is 0.389 bits per heavy atom. The molecule has 0 nitrogen and oxygen atoms in total. The van der Waals surface area contributed by atoms with Crippen LogP contribution in [0.4, 0.5) is 0 Å². The van der Waals surface area contributed by atoms with Crippen LogP contribution in [0.15, 0.2) is 199 Å². The van der Waals surface area contributed by atoms with Crippen LogP contribution < -0.4 is 0 Å². The highest BCUT2D eigenvalue weighted by Gasteiger charge is 2.21. The van der Waals surface area contributed by atoms with Crippen LogP contribution in [0, 0.1) is 0 Å². The molecule has 254 valence electrons. The van der Waals surface area contributed by atoms with Gasteiger partial charge in [0.25, 0.3) is 0 Å². The fourth-order valence-electron chi connectivity index (χ4n) is 9.41. The number of rotatable bonds is 4. The van der Waals surface area contributed by atoms with Gasteiger partial charge in [-0.2, -0.15) is 0 Å². The largest absolute Gasteiger partial charge is 0.0839 e. The molecule has 0 fully saturated rings. The summed E-state index contributed by atoms with van der Waals surface area (Å²) in [6, 6.07) is 61.4. The predicted octanol–water partition coefficient (Wildman–Crippen LogP) is 15.1. The molecule has 2 aliphatic rings. The lowest BCUT2D eigenvalue weighted by atomic mass is 9.81. The lowest BCUT2D eigenvalue weighted by Crippen LogP contribution is -2.05. The third kappa shape index (κ3) is 5.06. The zero-order valence-corrected chi connectivity index (χ0v) is 30.1. The highest BCUT2D eigenvalue weighted by atomic mass is 14.2. The minimum atomic E-state index is 0.406. The second kappa shape index (κ2) is 12.6. The molecule has 0 bridgehead atoms. The molecule has 0 saturated heterocycles. The number of hydrogen-bond donors (Lipinski definition) is 0. The third-order valence-corrected chi connectivity index (χ3v) is 12.0. The van der Waals surface area contributed by atoms with Crippen molar-refractivity contribution in [2.45, 2.75) is 25.2 Å². The normalized spacial score (nSPS) is 15.5. The summed E-state index contributed by atoms with van der Waals surface area (Å²) in [6.07, 6.45) is 12.9. The SMILES string of the molecule is C1=CC2=C(C=CC(c3ccc4ccc(-c5c6ccccc6c(-c6cccc7c(-c8ccc9ccccc9c8)cccc67)c6ccccc56)cc4c3)C2)CC1. The van der Waals surface area contributed by atoms with E-state index in [1.54, 1.807) is 0 Å².